The minimum atomic E-state index is -0.380. The number of anilines is 1. The first-order valence-electron chi connectivity index (χ1n) is 5.64. The second kappa shape index (κ2) is 6.45. The number of rotatable bonds is 3. The summed E-state index contributed by atoms with van der Waals surface area (Å²) in [4.78, 5) is 12.2. The van der Waals surface area contributed by atoms with E-state index in [-0.39, 0.29) is 17.2 Å². The molecular formula is C14H11BrINO3. The summed E-state index contributed by atoms with van der Waals surface area (Å²) in [6, 6.07) is 10.1. The van der Waals surface area contributed by atoms with Crippen LogP contribution in [0.15, 0.2) is 40.9 Å². The maximum absolute atomic E-state index is 12.2. The van der Waals surface area contributed by atoms with E-state index >= 15 is 0 Å². The van der Waals surface area contributed by atoms with Gasteiger partial charge in [0.1, 0.15) is 11.5 Å². The summed E-state index contributed by atoms with van der Waals surface area (Å²) in [6.07, 6.45) is 0. The number of halogens is 2. The molecule has 0 aromatic heterocycles. The van der Waals surface area contributed by atoms with Gasteiger partial charge in [0.25, 0.3) is 5.91 Å². The van der Waals surface area contributed by atoms with Crippen LogP contribution in [0.25, 0.3) is 0 Å². The van der Waals surface area contributed by atoms with E-state index in [1.54, 1.807) is 37.4 Å². The van der Waals surface area contributed by atoms with Crippen molar-refractivity contribution in [2.75, 3.05) is 12.4 Å². The molecule has 0 bridgehead atoms. The fourth-order valence-corrected chi connectivity index (χ4v) is 2.44. The SMILES string of the molecule is COc1ccc(Br)c(NC(=O)c2cc(I)ccc2O)c1. The van der Waals surface area contributed by atoms with Crippen molar-refractivity contribution < 1.29 is 14.6 Å². The van der Waals surface area contributed by atoms with Gasteiger partial charge in [-0.3, -0.25) is 4.79 Å². The third-order valence-electron chi connectivity index (χ3n) is 2.62. The Morgan fingerprint density at radius 2 is 2.05 bits per heavy atom. The van der Waals surface area contributed by atoms with Crippen molar-refractivity contribution in [1.82, 2.24) is 0 Å². The molecule has 2 N–H and O–H groups in total. The van der Waals surface area contributed by atoms with Crippen LogP contribution in [0, 0.1) is 3.57 Å². The summed E-state index contributed by atoms with van der Waals surface area (Å²) in [5, 5.41) is 12.5. The Hall–Kier alpha value is -1.28. The summed E-state index contributed by atoms with van der Waals surface area (Å²) in [6.45, 7) is 0. The van der Waals surface area contributed by atoms with Gasteiger partial charge in [-0.1, -0.05) is 0 Å². The number of amides is 1. The number of methoxy groups -OCH3 is 1. The Morgan fingerprint density at radius 1 is 1.30 bits per heavy atom. The molecule has 1 amide bonds. The normalized spacial score (nSPS) is 10.2. The van der Waals surface area contributed by atoms with Gasteiger partial charge >= 0.3 is 0 Å². The number of hydrogen-bond donors (Lipinski definition) is 2. The standard InChI is InChI=1S/C14H11BrINO3/c1-20-9-3-4-11(15)12(7-9)17-14(19)10-6-8(16)2-5-13(10)18/h2-7,18H,1H3,(H,17,19). The zero-order chi connectivity index (χ0) is 14.7. The molecule has 4 nitrogen and oxygen atoms in total. The van der Waals surface area contributed by atoms with Crippen molar-refractivity contribution in [3.8, 4) is 11.5 Å². The largest absolute Gasteiger partial charge is 0.507 e. The second-order valence-corrected chi connectivity index (χ2v) is 6.06. The lowest BCUT2D eigenvalue weighted by Gasteiger charge is -2.10. The summed E-state index contributed by atoms with van der Waals surface area (Å²) in [5.74, 6) is 0.201. The summed E-state index contributed by atoms with van der Waals surface area (Å²) in [7, 11) is 1.56. The first kappa shape index (κ1) is 15.1. The van der Waals surface area contributed by atoms with Gasteiger partial charge in [-0.2, -0.15) is 0 Å². The monoisotopic (exact) mass is 447 g/mol. The van der Waals surface area contributed by atoms with Crippen LogP contribution in [0.5, 0.6) is 11.5 Å². The van der Waals surface area contributed by atoms with Crippen LogP contribution in [0.2, 0.25) is 0 Å². The number of carbonyl (C=O) groups excluding carboxylic acids is 1. The molecule has 0 heterocycles. The zero-order valence-electron chi connectivity index (χ0n) is 10.5. The van der Waals surface area contributed by atoms with E-state index in [0.717, 1.165) is 8.04 Å². The van der Waals surface area contributed by atoms with Crippen LogP contribution in [0.4, 0.5) is 5.69 Å². The maximum Gasteiger partial charge on any atom is 0.259 e. The van der Waals surface area contributed by atoms with Gasteiger partial charge in [-0.05, 0) is 68.9 Å². The molecule has 0 atom stereocenters. The average molecular weight is 448 g/mol. The molecule has 0 aliphatic rings. The molecule has 2 aromatic rings. The Morgan fingerprint density at radius 3 is 2.75 bits per heavy atom. The summed E-state index contributed by atoms with van der Waals surface area (Å²) < 4.78 is 6.72. The molecule has 104 valence electrons. The summed E-state index contributed by atoms with van der Waals surface area (Å²) >= 11 is 5.44. The number of nitrogens with one attached hydrogen (secondary N) is 1. The van der Waals surface area contributed by atoms with Crippen molar-refractivity contribution in [3.05, 3.63) is 50.0 Å². The Balaban J connectivity index is 2.30. The lowest BCUT2D eigenvalue weighted by atomic mass is 10.2. The molecule has 0 saturated carbocycles. The lowest BCUT2D eigenvalue weighted by Crippen LogP contribution is -2.12. The highest BCUT2D eigenvalue weighted by molar-refractivity contribution is 14.1. The number of phenolic OH excluding ortho intramolecular Hbond substituents is 1. The van der Waals surface area contributed by atoms with Crippen LogP contribution in [-0.2, 0) is 0 Å². The van der Waals surface area contributed by atoms with E-state index in [4.69, 9.17) is 4.74 Å². The number of benzene rings is 2. The molecule has 0 unspecified atom stereocenters. The molecule has 0 radical (unpaired) electrons. The van der Waals surface area contributed by atoms with E-state index in [2.05, 4.69) is 43.8 Å². The van der Waals surface area contributed by atoms with E-state index in [1.807, 2.05) is 0 Å². The number of ether oxygens (including phenoxy) is 1. The van der Waals surface area contributed by atoms with Crippen LogP contribution in [-0.4, -0.2) is 18.1 Å². The highest BCUT2D eigenvalue weighted by Gasteiger charge is 2.13. The number of hydrogen-bond acceptors (Lipinski definition) is 3. The smallest absolute Gasteiger partial charge is 0.259 e. The van der Waals surface area contributed by atoms with Gasteiger partial charge in [0.2, 0.25) is 0 Å². The number of phenols is 1. The highest BCUT2D eigenvalue weighted by Crippen LogP contribution is 2.28. The molecule has 0 spiro atoms. The first-order valence-corrected chi connectivity index (χ1v) is 7.52. The van der Waals surface area contributed by atoms with E-state index in [1.165, 1.54) is 6.07 Å². The fourth-order valence-electron chi connectivity index (χ4n) is 1.61. The highest BCUT2D eigenvalue weighted by atomic mass is 127. The molecular weight excluding hydrogens is 437 g/mol. The topological polar surface area (TPSA) is 58.6 Å². The van der Waals surface area contributed by atoms with Crippen LogP contribution >= 0.6 is 38.5 Å². The average Bonchev–Trinajstić information content (AvgIpc) is 2.43. The maximum atomic E-state index is 12.2. The van der Waals surface area contributed by atoms with Crippen LogP contribution < -0.4 is 10.1 Å². The van der Waals surface area contributed by atoms with Gasteiger partial charge in [-0.25, -0.2) is 0 Å². The quantitative estimate of drug-likeness (QED) is 0.698. The van der Waals surface area contributed by atoms with E-state index in [0.29, 0.717) is 11.4 Å². The lowest BCUT2D eigenvalue weighted by molar-refractivity contribution is 0.102. The van der Waals surface area contributed by atoms with E-state index < -0.39 is 0 Å². The fraction of sp³-hybridized carbons (Fsp3) is 0.0714. The predicted molar refractivity (Wildman–Crippen MR) is 89.5 cm³/mol. The molecule has 0 aliphatic carbocycles. The molecule has 6 heteroatoms. The van der Waals surface area contributed by atoms with Crippen molar-refractivity contribution in [2.24, 2.45) is 0 Å². The molecule has 0 aliphatic heterocycles. The zero-order valence-corrected chi connectivity index (χ0v) is 14.2. The van der Waals surface area contributed by atoms with Gasteiger partial charge < -0.3 is 15.2 Å². The van der Waals surface area contributed by atoms with Crippen molar-refractivity contribution in [2.45, 2.75) is 0 Å². The molecule has 0 fully saturated rings. The van der Waals surface area contributed by atoms with Gasteiger partial charge in [-0.15, -0.1) is 0 Å². The van der Waals surface area contributed by atoms with Crippen molar-refractivity contribution in [1.29, 1.82) is 0 Å². The minimum Gasteiger partial charge on any atom is -0.507 e. The Kier molecular flexibility index (Phi) is 4.87. The molecule has 2 aromatic carbocycles. The molecule has 0 saturated heterocycles. The van der Waals surface area contributed by atoms with Crippen molar-refractivity contribution >= 4 is 50.1 Å². The Bertz CT molecular complexity index is 661. The first-order chi connectivity index (χ1) is 9.51. The van der Waals surface area contributed by atoms with E-state index in [9.17, 15) is 9.90 Å². The van der Waals surface area contributed by atoms with Crippen LogP contribution in [0.1, 0.15) is 10.4 Å². The van der Waals surface area contributed by atoms with Gasteiger partial charge in [0, 0.05) is 14.1 Å². The Labute approximate surface area is 138 Å². The third kappa shape index (κ3) is 3.43. The minimum absolute atomic E-state index is 0.0538. The summed E-state index contributed by atoms with van der Waals surface area (Å²) in [5.41, 5.74) is 0.805. The predicted octanol–water partition coefficient (Wildman–Crippen LogP) is 4.02. The molecule has 20 heavy (non-hydrogen) atoms. The second-order valence-electron chi connectivity index (χ2n) is 3.96. The number of aromatic hydroxyl groups is 1. The number of carbonyl (C=O) groups is 1. The molecule has 2 rings (SSSR count). The van der Waals surface area contributed by atoms with Crippen LogP contribution in [0.3, 0.4) is 0 Å². The third-order valence-corrected chi connectivity index (χ3v) is 3.99. The van der Waals surface area contributed by atoms with Gasteiger partial charge in [0.05, 0.1) is 18.4 Å². The van der Waals surface area contributed by atoms with Gasteiger partial charge in [0.15, 0.2) is 0 Å². The van der Waals surface area contributed by atoms with Crippen molar-refractivity contribution in [3.63, 3.8) is 0 Å².